The van der Waals surface area contributed by atoms with Crippen molar-refractivity contribution < 1.29 is 27.5 Å². The summed E-state index contributed by atoms with van der Waals surface area (Å²) in [5, 5.41) is 0. The number of sulfonamides is 1. The van der Waals surface area contributed by atoms with Crippen LogP contribution in [0.2, 0.25) is 0 Å². The number of rotatable bonds is 9. The summed E-state index contributed by atoms with van der Waals surface area (Å²) in [6.45, 7) is 5.73. The van der Waals surface area contributed by atoms with Crippen LogP contribution in [0.4, 0.5) is 0 Å². The van der Waals surface area contributed by atoms with Crippen LogP contribution in [0, 0.1) is 5.92 Å². The molecule has 1 aromatic rings. The van der Waals surface area contributed by atoms with Gasteiger partial charge in [0.05, 0.1) is 12.0 Å². The standard InChI is InChI=1S/C21H32N2O6S/c1-5-16-8-6-7-13-23(16)19(24)14-29-21(25)20(15(2)3)22-30(26,27)18-11-9-17(28-4)10-12-18/h9-12,15-16,20,22H,5-8,13-14H2,1-4H3. The van der Waals surface area contributed by atoms with E-state index in [4.69, 9.17) is 9.47 Å². The van der Waals surface area contributed by atoms with Gasteiger partial charge in [0.1, 0.15) is 11.8 Å². The molecule has 9 heteroatoms. The van der Waals surface area contributed by atoms with Gasteiger partial charge in [-0.3, -0.25) is 9.59 Å². The zero-order valence-corrected chi connectivity index (χ0v) is 18.9. The lowest BCUT2D eigenvalue weighted by atomic mass is 10.00. The van der Waals surface area contributed by atoms with E-state index in [1.54, 1.807) is 18.7 Å². The molecule has 8 nitrogen and oxygen atoms in total. The van der Waals surface area contributed by atoms with E-state index in [0.717, 1.165) is 25.7 Å². The largest absolute Gasteiger partial charge is 0.497 e. The normalized spacial score (nSPS) is 18.2. The van der Waals surface area contributed by atoms with Gasteiger partial charge in [0, 0.05) is 12.6 Å². The van der Waals surface area contributed by atoms with Crippen molar-refractivity contribution in [3.8, 4) is 5.75 Å². The van der Waals surface area contributed by atoms with Crippen molar-refractivity contribution in [3.05, 3.63) is 24.3 Å². The maximum absolute atomic E-state index is 12.7. The van der Waals surface area contributed by atoms with Crippen LogP contribution in [-0.4, -0.2) is 57.5 Å². The fraction of sp³-hybridized carbons (Fsp3) is 0.619. The number of likely N-dealkylation sites (tertiary alicyclic amines) is 1. The average molecular weight is 441 g/mol. The van der Waals surface area contributed by atoms with Crippen LogP contribution in [-0.2, 0) is 24.3 Å². The number of amides is 1. The van der Waals surface area contributed by atoms with Crippen LogP contribution < -0.4 is 9.46 Å². The molecule has 1 fully saturated rings. The van der Waals surface area contributed by atoms with E-state index in [2.05, 4.69) is 4.72 Å². The predicted molar refractivity (Wildman–Crippen MR) is 113 cm³/mol. The van der Waals surface area contributed by atoms with Crippen molar-refractivity contribution in [2.24, 2.45) is 5.92 Å². The van der Waals surface area contributed by atoms with E-state index in [-0.39, 0.29) is 29.4 Å². The molecular formula is C21H32N2O6S. The van der Waals surface area contributed by atoms with Crippen LogP contribution in [0.5, 0.6) is 5.75 Å². The van der Waals surface area contributed by atoms with Gasteiger partial charge in [0.2, 0.25) is 10.0 Å². The number of hydrogen-bond donors (Lipinski definition) is 1. The summed E-state index contributed by atoms with van der Waals surface area (Å²) < 4.78 is 38.0. The first kappa shape index (κ1) is 24.1. The average Bonchev–Trinajstić information content (AvgIpc) is 2.75. The summed E-state index contributed by atoms with van der Waals surface area (Å²) in [5.74, 6) is -0.842. The summed E-state index contributed by atoms with van der Waals surface area (Å²) in [6.07, 6.45) is 3.83. The number of carbonyl (C=O) groups excluding carboxylic acids is 2. The van der Waals surface area contributed by atoms with Gasteiger partial charge in [-0.2, -0.15) is 4.72 Å². The fourth-order valence-electron chi connectivity index (χ4n) is 3.51. The zero-order valence-electron chi connectivity index (χ0n) is 18.1. The molecule has 0 bridgehead atoms. The maximum atomic E-state index is 12.7. The molecule has 0 aromatic heterocycles. The molecule has 1 aromatic carbocycles. The van der Waals surface area contributed by atoms with Gasteiger partial charge >= 0.3 is 5.97 Å². The monoisotopic (exact) mass is 440 g/mol. The van der Waals surface area contributed by atoms with E-state index in [9.17, 15) is 18.0 Å². The van der Waals surface area contributed by atoms with Crippen molar-refractivity contribution in [1.82, 2.24) is 9.62 Å². The summed E-state index contributed by atoms with van der Waals surface area (Å²) in [7, 11) is -2.46. The topological polar surface area (TPSA) is 102 Å². The van der Waals surface area contributed by atoms with Gasteiger partial charge in [0.15, 0.2) is 6.61 Å². The molecule has 1 aliphatic rings. The Hall–Kier alpha value is -2.13. The number of esters is 1. The molecule has 1 N–H and O–H groups in total. The molecule has 0 spiro atoms. The third kappa shape index (κ3) is 6.18. The Bertz CT molecular complexity index is 822. The van der Waals surface area contributed by atoms with E-state index in [0.29, 0.717) is 12.3 Å². The lowest BCUT2D eigenvalue weighted by Gasteiger charge is -2.35. The number of carbonyl (C=O) groups is 2. The zero-order chi connectivity index (χ0) is 22.3. The minimum atomic E-state index is -3.95. The smallest absolute Gasteiger partial charge is 0.324 e. The number of methoxy groups -OCH3 is 1. The van der Waals surface area contributed by atoms with Gasteiger partial charge in [-0.1, -0.05) is 20.8 Å². The van der Waals surface area contributed by atoms with E-state index in [1.165, 1.54) is 31.4 Å². The van der Waals surface area contributed by atoms with Crippen LogP contribution in [0.15, 0.2) is 29.2 Å². The Kier molecular flexibility index (Phi) is 8.66. The minimum Gasteiger partial charge on any atom is -0.497 e. The molecule has 0 radical (unpaired) electrons. The Labute approximate surface area is 179 Å². The predicted octanol–water partition coefficient (Wildman–Crippen LogP) is 2.33. The van der Waals surface area contributed by atoms with E-state index < -0.39 is 22.0 Å². The van der Waals surface area contributed by atoms with E-state index in [1.807, 2.05) is 6.92 Å². The lowest BCUT2D eigenvalue weighted by Crippen LogP contribution is -2.48. The third-order valence-electron chi connectivity index (χ3n) is 5.33. The Morgan fingerprint density at radius 3 is 2.43 bits per heavy atom. The first-order valence-corrected chi connectivity index (χ1v) is 11.8. The Morgan fingerprint density at radius 2 is 1.87 bits per heavy atom. The summed E-state index contributed by atoms with van der Waals surface area (Å²) in [5.41, 5.74) is 0. The number of nitrogens with zero attached hydrogens (tertiary/aromatic N) is 1. The molecular weight excluding hydrogens is 408 g/mol. The molecule has 1 heterocycles. The van der Waals surface area contributed by atoms with Crippen LogP contribution in [0.25, 0.3) is 0 Å². The molecule has 2 unspecified atom stereocenters. The Morgan fingerprint density at radius 1 is 1.20 bits per heavy atom. The number of ether oxygens (including phenoxy) is 2. The second-order valence-corrected chi connectivity index (χ2v) is 9.49. The van der Waals surface area contributed by atoms with Crippen molar-refractivity contribution in [2.45, 2.75) is 63.4 Å². The van der Waals surface area contributed by atoms with Crippen LogP contribution in [0.3, 0.4) is 0 Å². The fourth-order valence-corrected chi connectivity index (χ4v) is 4.84. The van der Waals surface area contributed by atoms with Crippen molar-refractivity contribution in [3.63, 3.8) is 0 Å². The molecule has 1 amide bonds. The van der Waals surface area contributed by atoms with Gasteiger partial charge in [-0.05, 0) is 55.9 Å². The number of piperidine rings is 1. The first-order chi connectivity index (χ1) is 14.2. The maximum Gasteiger partial charge on any atom is 0.324 e. The van der Waals surface area contributed by atoms with Crippen LogP contribution >= 0.6 is 0 Å². The van der Waals surface area contributed by atoms with Gasteiger partial charge < -0.3 is 14.4 Å². The summed E-state index contributed by atoms with van der Waals surface area (Å²) >= 11 is 0. The second-order valence-electron chi connectivity index (χ2n) is 7.77. The Balaban J connectivity index is 2.02. The highest BCUT2D eigenvalue weighted by Gasteiger charge is 2.31. The van der Waals surface area contributed by atoms with Crippen LogP contribution in [0.1, 0.15) is 46.5 Å². The molecule has 30 heavy (non-hydrogen) atoms. The second kappa shape index (κ2) is 10.8. The highest BCUT2D eigenvalue weighted by Crippen LogP contribution is 2.20. The summed E-state index contributed by atoms with van der Waals surface area (Å²) in [6, 6.07) is 4.91. The highest BCUT2D eigenvalue weighted by atomic mass is 32.2. The van der Waals surface area contributed by atoms with Gasteiger partial charge in [-0.15, -0.1) is 0 Å². The molecule has 2 rings (SSSR count). The highest BCUT2D eigenvalue weighted by molar-refractivity contribution is 7.89. The number of hydrogen-bond acceptors (Lipinski definition) is 6. The molecule has 1 aliphatic heterocycles. The summed E-state index contributed by atoms with van der Waals surface area (Å²) in [4.78, 5) is 26.9. The van der Waals surface area contributed by atoms with E-state index >= 15 is 0 Å². The lowest BCUT2D eigenvalue weighted by molar-refractivity contribution is -0.155. The quantitative estimate of drug-likeness (QED) is 0.592. The molecule has 0 saturated carbocycles. The SMILES string of the molecule is CCC1CCCCN1C(=O)COC(=O)C(NS(=O)(=O)c1ccc(OC)cc1)C(C)C. The first-order valence-electron chi connectivity index (χ1n) is 10.3. The molecule has 0 aliphatic carbocycles. The van der Waals surface area contributed by atoms with Crippen molar-refractivity contribution in [1.29, 1.82) is 0 Å². The van der Waals surface area contributed by atoms with Gasteiger partial charge in [-0.25, -0.2) is 8.42 Å². The molecule has 1 saturated heterocycles. The van der Waals surface area contributed by atoms with Crippen molar-refractivity contribution in [2.75, 3.05) is 20.3 Å². The molecule has 2 atom stereocenters. The van der Waals surface area contributed by atoms with Crippen molar-refractivity contribution >= 4 is 21.9 Å². The molecule has 168 valence electrons. The number of nitrogens with one attached hydrogen (secondary N) is 1. The minimum absolute atomic E-state index is 0.0110. The number of benzene rings is 1. The van der Waals surface area contributed by atoms with Gasteiger partial charge in [0.25, 0.3) is 5.91 Å². The third-order valence-corrected chi connectivity index (χ3v) is 6.79.